The first-order chi connectivity index (χ1) is 8.58. The fourth-order valence-electron chi connectivity index (χ4n) is 2.23. The van der Waals surface area contributed by atoms with Gasteiger partial charge in [0, 0.05) is 11.8 Å². The Balaban J connectivity index is 2.41. The highest BCUT2D eigenvalue weighted by Crippen LogP contribution is 2.26. The van der Waals surface area contributed by atoms with E-state index in [9.17, 15) is 9.90 Å². The summed E-state index contributed by atoms with van der Waals surface area (Å²) in [5.74, 6) is 0.520. The van der Waals surface area contributed by atoms with Gasteiger partial charge >= 0.3 is 0 Å². The minimum atomic E-state index is -0.205. The number of aromatic hydroxyl groups is 1. The van der Waals surface area contributed by atoms with Crippen molar-refractivity contribution >= 4 is 5.57 Å². The van der Waals surface area contributed by atoms with E-state index in [0.29, 0.717) is 11.5 Å². The van der Waals surface area contributed by atoms with Crippen LogP contribution in [0.3, 0.4) is 0 Å². The van der Waals surface area contributed by atoms with Crippen LogP contribution < -0.4 is 5.56 Å². The maximum Gasteiger partial charge on any atom is 0.259 e. The van der Waals surface area contributed by atoms with Gasteiger partial charge in [-0.2, -0.15) is 0 Å². The van der Waals surface area contributed by atoms with Gasteiger partial charge in [-0.15, -0.1) is 0 Å². The van der Waals surface area contributed by atoms with Crippen molar-refractivity contribution in [1.82, 2.24) is 4.98 Å². The van der Waals surface area contributed by atoms with Crippen LogP contribution in [0, 0.1) is 5.92 Å². The van der Waals surface area contributed by atoms with Gasteiger partial charge in [-0.05, 0) is 30.8 Å². The van der Waals surface area contributed by atoms with Crippen LogP contribution in [-0.4, -0.2) is 10.1 Å². The molecule has 1 aromatic heterocycles. The summed E-state index contributed by atoms with van der Waals surface area (Å²) in [6.45, 7) is 4.16. The van der Waals surface area contributed by atoms with Crippen LogP contribution in [0.25, 0.3) is 5.57 Å². The first kappa shape index (κ1) is 12.7. The predicted molar refractivity (Wildman–Crippen MR) is 73.6 cm³/mol. The van der Waals surface area contributed by atoms with E-state index in [2.05, 4.69) is 18.8 Å². The molecular formula is C15H19NO2. The van der Waals surface area contributed by atoms with E-state index in [-0.39, 0.29) is 11.3 Å². The average molecular weight is 245 g/mol. The smallest absolute Gasteiger partial charge is 0.259 e. The van der Waals surface area contributed by atoms with Gasteiger partial charge in [0.25, 0.3) is 5.56 Å². The van der Waals surface area contributed by atoms with E-state index in [4.69, 9.17) is 0 Å². The third kappa shape index (κ3) is 2.73. The summed E-state index contributed by atoms with van der Waals surface area (Å²) >= 11 is 0. The van der Waals surface area contributed by atoms with Crippen molar-refractivity contribution in [2.24, 2.45) is 5.92 Å². The van der Waals surface area contributed by atoms with Crippen LogP contribution >= 0.6 is 0 Å². The lowest BCUT2D eigenvalue weighted by Crippen LogP contribution is -2.15. The Kier molecular flexibility index (Phi) is 3.70. The normalized spacial score (nSPS) is 14.9. The Bertz CT molecular complexity index is 550. The van der Waals surface area contributed by atoms with Gasteiger partial charge in [-0.25, -0.2) is 0 Å². The van der Waals surface area contributed by atoms with Gasteiger partial charge in [0.2, 0.25) is 0 Å². The molecule has 0 bridgehead atoms. The van der Waals surface area contributed by atoms with Crippen molar-refractivity contribution in [3.05, 3.63) is 45.9 Å². The number of aromatic amines is 1. The van der Waals surface area contributed by atoms with Gasteiger partial charge in [-0.3, -0.25) is 4.79 Å². The second kappa shape index (κ2) is 5.25. The second-order valence-electron chi connectivity index (χ2n) is 5.12. The standard InChI is InChI=1S/C15H19NO2/c1-10(2)8-12-9-13(17)14(15(18)16-12)11-6-4-3-5-7-11/h4,6-7,9-10H,3,5,8H2,1-2H3,(H2,16,17,18). The molecule has 3 heteroatoms. The van der Waals surface area contributed by atoms with Crippen molar-refractivity contribution in [3.63, 3.8) is 0 Å². The van der Waals surface area contributed by atoms with Gasteiger partial charge < -0.3 is 10.1 Å². The van der Waals surface area contributed by atoms with Crippen LogP contribution in [0.15, 0.2) is 29.1 Å². The highest BCUT2D eigenvalue weighted by Gasteiger charge is 2.13. The predicted octanol–water partition coefficient (Wildman–Crippen LogP) is 3.01. The Morgan fingerprint density at radius 3 is 2.72 bits per heavy atom. The van der Waals surface area contributed by atoms with E-state index >= 15 is 0 Å². The lowest BCUT2D eigenvalue weighted by molar-refractivity contribution is 0.469. The van der Waals surface area contributed by atoms with Gasteiger partial charge in [0.05, 0.1) is 5.56 Å². The minimum absolute atomic E-state index is 0.0761. The molecule has 0 amide bonds. The summed E-state index contributed by atoms with van der Waals surface area (Å²) < 4.78 is 0. The van der Waals surface area contributed by atoms with E-state index in [1.807, 2.05) is 18.2 Å². The van der Waals surface area contributed by atoms with Crippen molar-refractivity contribution in [1.29, 1.82) is 0 Å². The lowest BCUT2D eigenvalue weighted by atomic mass is 9.99. The van der Waals surface area contributed by atoms with E-state index in [1.165, 1.54) is 0 Å². The SMILES string of the molecule is CC(C)Cc1cc(O)c(C2=CCCC=C2)c(=O)[nH]1. The van der Waals surface area contributed by atoms with Crippen LogP contribution in [0.5, 0.6) is 5.75 Å². The summed E-state index contributed by atoms with van der Waals surface area (Å²) in [4.78, 5) is 14.9. The van der Waals surface area contributed by atoms with Gasteiger partial charge in [0.15, 0.2) is 0 Å². The van der Waals surface area contributed by atoms with Gasteiger partial charge in [0.1, 0.15) is 5.75 Å². The molecule has 1 heterocycles. The minimum Gasteiger partial charge on any atom is -0.507 e. The Labute approximate surface area is 107 Å². The molecule has 0 aliphatic heterocycles. The molecular weight excluding hydrogens is 226 g/mol. The van der Waals surface area contributed by atoms with Crippen LogP contribution in [0.1, 0.15) is 37.9 Å². The van der Waals surface area contributed by atoms with E-state index < -0.39 is 0 Å². The Hall–Kier alpha value is -1.77. The number of aromatic nitrogens is 1. The number of hydrogen-bond donors (Lipinski definition) is 2. The molecule has 0 radical (unpaired) electrons. The van der Waals surface area contributed by atoms with E-state index in [0.717, 1.165) is 30.5 Å². The molecule has 0 saturated carbocycles. The molecule has 2 N–H and O–H groups in total. The number of allylic oxidation sites excluding steroid dienone is 4. The molecule has 1 aromatic rings. The molecule has 0 saturated heterocycles. The third-order valence-corrected chi connectivity index (χ3v) is 2.98. The monoisotopic (exact) mass is 245 g/mol. The number of rotatable bonds is 3. The molecule has 0 fully saturated rings. The first-order valence-corrected chi connectivity index (χ1v) is 6.40. The van der Waals surface area contributed by atoms with Crippen molar-refractivity contribution in [2.75, 3.05) is 0 Å². The summed E-state index contributed by atoms with van der Waals surface area (Å²) in [6, 6.07) is 1.67. The average Bonchev–Trinajstić information content (AvgIpc) is 2.28. The van der Waals surface area contributed by atoms with Gasteiger partial charge in [-0.1, -0.05) is 32.1 Å². The maximum atomic E-state index is 12.1. The Morgan fingerprint density at radius 2 is 2.17 bits per heavy atom. The number of nitrogens with one attached hydrogen (secondary N) is 1. The lowest BCUT2D eigenvalue weighted by Gasteiger charge is -2.11. The summed E-state index contributed by atoms with van der Waals surface area (Å²) in [5.41, 5.74) is 1.79. The molecule has 0 unspecified atom stereocenters. The number of H-pyrrole nitrogens is 1. The summed E-state index contributed by atoms with van der Waals surface area (Å²) in [6.07, 6.45) is 8.59. The molecule has 3 nitrogen and oxygen atoms in total. The fraction of sp³-hybridized carbons (Fsp3) is 0.400. The second-order valence-corrected chi connectivity index (χ2v) is 5.12. The van der Waals surface area contributed by atoms with Crippen LogP contribution in [0.2, 0.25) is 0 Å². The zero-order chi connectivity index (χ0) is 13.1. The number of pyridine rings is 1. The summed E-state index contributed by atoms with van der Waals surface area (Å²) in [7, 11) is 0. The fourth-order valence-corrected chi connectivity index (χ4v) is 2.23. The largest absolute Gasteiger partial charge is 0.507 e. The van der Waals surface area contributed by atoms with Crippen LogP contribution in [-0.2, 0) is 6.42 Å². The maximum absolute atomic E-state index is 12.1. The highest BCUT2D eigenvalue weighted by molar-refractivity contribution is 5.77. The van der Waals surface area contributed by atoms with Crippen molar-refractivity contribution in [3.8, 4) is 5.75 Å². The Morgan fingerprint density at radius 1 is 1.39 bits per heavy atom. The molecule has 18 heavy (non-hydrogen) atoms. The third-order valence-electron chi connectivity index (χ3n) is 2.98. The highest BCUT2D eigenvalue weighted by atomic mass is 16.3. The molecule has 0 aromatic carbocycles. The molecule has 0 atom stereocenters. The molecule has 1 aliphatic carbocycles. The quantitative estimate of drug-likeness (QED) is 0.860. The molecule has 96 valence electrons. The van der Waals surface area contributed by atoms with Crippen molar-refractivity contribution in [2.45, 2.75) is 33.1 Å². The number of hydrogen-bond acceptors (Lipinski definition) is 2. The molecule has 0 spiro atoms. The zero-order valence-electron chi connectivity index (χ0n) is 10.9. The van der Waals surface area contributed by atoms with Crippen LogP contribution in [0.4, 0.5) is 0 Å². The summed E-state index contributed by atoms with van der Waals surface area (Å²) in [5, 5.41) is 10.0. The van der Waals surface area contributed by atoms with Crippen molar-refractivity contribution < 1.29 is 5.11 Å². The molecule has 2 rings (SSSR count). The molecule has 1 aliphatic rings. The van der Waals surface area contributed by atoms with E-state index in [1.54, 1.807) is 6.07 Å². The zero-order valence-corrected chi connectivity index (χ0v) is 10.9. The first-order valence-electron chi connectivity index (χ1n) is 6.40. The topological polar surface area (TPSA) is 53.1 Å².